The third-order valence-electron chi connectivity index (χ3n) is 4.67. The smallest absolute Gasteiger partial charge is 0.233 e. The number of thioether (sulfide) groups is 1. The number of nitrogens with zero attached hydrogens (tertiary/aromatic N) is 4. The van der Waals surface area contributed by atoms with E-state index in [9.17, 15) is 4.79 Å². The van der Waals surface area contributed by atoms with Crippen molar-refractivity contribution in [3.8, 4) is 0 Å². The lowest BCUT2D eigenvalue weighted by atomic mass is 10.1. The molecule has 0 radical (unpaired) electrons. The Morgan fingerprint density at radius 1 is 1.35 bits per heavy atom. The summed E-state index contributed by atoms with van der Waals surface area (Å²) in [6, 6.07) is 10.1. The molecule has 1 unspecified atom stereocenters. The van der Waals surface area contributed by atoms with E-state index in [-0.39, 0.29) is 11.2 Å². The third kappa shape index (κ3) is 3.31. The molecule has 1 amide bonds. The lowest BCUT2D eigenvalue weighted by Gasteiger charge is -2.13. The topological polar surface area (TPSA) is 72.7 Å². The highest BCUT2D eigenvalue weighted by atomic mass is 32.2. The first-order valence-electron chi connectivity index (χ1n) is 8.83. The van der Waals surface area contributed by atoms with Crippen molar-refractivity contribution in [2.24, 2.45) is 0 Å². The Morgan fingerprint density at radius 2 is 2.19 bits per heavy atom. The van der Waals surface area contributed by atoms with Gasteiger partial charge in [-0.2, -0.15) is 0 Å². The van der Waals surface area contributed by atoms with Gasteiger partial charge in [0.05, 0.1) is 22.3 Å². The van der Waals surface area contributed by atoms with Gasteiger partial charge in [0.15, 0.2) is 5.82 Å². The first-order chi connectivity index (χ1) is 12.6. The largest absolute Gasteiger partial charge is 0.348 e. The summed E-state index contributed by atoms with van der Waals surface area (Å²) in [4.78, 5) is 17.1. The second-order valence-corrected chi connectivity index (χ2v) is 7.92. The lowest BCUT2D eigenvalue weighted by molar-refractivity contribution is -0.120. The molecule has 3 heterocycles. The molecule has 6 nitrogen and oxygen atoms in total. The van der Waals surface area contributed by atoms with Gasteiger partial charge in [0.25, 0.3) is 0 Å². The van der Waals surface area contributed by atoms with Crippen LogP contribution < -0.4 is 5.32 Å². The quantitative estimate of drug-likeness (QED) is 0.702. The molecule has 134 valence electrons. The predicted molar refractivity (Wildman–Crippen MR) is 102 cm³/mol. The monoisotopic (exact) mass is 367 g/mol. The molecule has 0 saturated carbocycles. The molecule has 4 rings (SSSR count). The number of amides is 1. The van der Waals surface area contributed by atoms with Crippen LogP contribution in [-0.2, 0) is 24.3 Å². The van der Waals surface area contributed by atoms with Crippen molar-refractivity contribution in [3.63, 3.8) is 0 Å². The first kappa shape index (κ1) is 17.0. The minimum Gasteiger partial charge on any atom is -0.348 e. The van der Waals surface area contributed by atoms with Gasteiger partial charge in [-0.15, -0.1) is 10.2 Å². The number of pyridine rings is 1. The molecule has 1 aromatic carbocycles. The number of carbonyl (C=O) groups is 1. The maximum absolute atomic E-state index is 12.5. The molecule has 1 aliphatic rings. The van der Waals surface area contributed by atoms with Crippen LogP contribution in [0.4, 0.5) is 0 Å². The van der Waals surface area contributed by atoms with Crippen LogP contribution in [0.3, 0.4) is 0 Å². The van der Waals surface area contributed by atoms with Crippen LogP contribution in [0, 0.1) is 6.92 Å². The number of aromatic nitrogens is 4. The zero-order valence-corrected chi connectivity index (χ0v) is 15.7. The van der Waals surface area contributed by atoms with E-state index in [0.29, 0.717) is 6.54 Å². The van der Waals surface area contributed by atoms with E-state index in [2.05, 4.69) is 38.1 Å². The summed E-state index contributed by atoms with van der Waals surface area (Å²) in [6.07, 6.45) is 2.07. The molecular weight excluding hydrogens is 346 g/mol. The number of nitrogens with one attached hydrogen (secondary N) is 1. The fourth-order valence-corrected chi connectivity index (χ4v) is 4.21. The summed E-state index contributed by atoms with van der Waals surface area (Å²) in [7, 11) is 0. The van der Waals surface area contributed by atoms with Gasteiger partial charge in [0, 0.05) is 18.4 Å². The van der Waals surface area contributed by atoms with Gasteiger partial charge in [0.1, 0.15) is 5.82 Å². The molecule has 3 aromatic rings. The van der Waals surface area contributed by atoms with Gasteiger partial charge in [0.2, 0.25) is 5.91 Å². The Balaban J connectivity index is 1.41. The molecule has 0 aliphatic carbocycles. The Morgan fingerprint density at radius 3 is 3.08 bits per heavy atom. The minimum absolute atomic E-state index is 0.0158. The van der Waals surface area contributed by atoms with Crippen LogP contribution in [0.1, 0.15) is 30.6 Å². The van der Waals surface area contributed by atoms with Crippen molar-refractivity contribution in [2.75, 3.05) is 0 Å². The lowest BCUT2D eigenvalue weighted by Crippen LogP contribution is -2.31. The van der Waals surface area contributed by atoms with Gasteiger partial charge < -0.3 is 9.88 Å². The van der Waals surface area contributed by atoms with Crippen LogP contribution in [0.5, 0.6) is 0 Å². The molecular formula is C19H21N5OS. The van der Waals surface area contributed by atoms with Crippen molar-refractivity contribution >= 4 is 28.6 Å². The number of carbonyl (C=O) groups excluding carboxylic acids is 1. The fraction of sp³-hybridized carbons (Fsp3) is 0.368. The number of aryl methyl sites for hydroxylation is 2. The average Bonchev–Trinajstić information content (AvgIpc) is 3.23. The van der Waals surface area contributed by atoms with E-state index in [1.165, 1.54) is 17.3 Å². The maximum atomic E-state index is 12.5. The summed E-state index contributed by atoms with van der Waals surface area (Å²) in [5.74, 6) is 1.84. The SMILES string of the molecule is Cc1cc(SC(C)C(=O)NCc2nnc3n2CCC3)nc2ccccc12. The molecule has 0 saturated heterocycles. The Kier molecular flexibility index (Phi) is 4.63. The zero-order valence-electron chi connectivity index (χ0n) is 14.9. The Bertz CT molecular complexity index is 968. The van der Waals surface area contributed by atoms with Gasteiger partial charge in [-0.3, -0.25) is 4.79 Å². The van der Waals surface area contributed by atoms with Crippen LogP contribution in [0.15, 0.2) is 35.4 Å². The van der Waals surface area contributed by atoms with Crippen LogP contribution >= 0.6 is 11.8 Å². The molecule has 1 aliphatic heterocycles. The van der Waals surface area contributed by atoms with E-state index in [4.69, 9.17) is 0 Å². The minimum atomic E-state index is -0.232. The van der Waals surface area contributed by atoms with Crippen LogP contribution in [0.25, 0.3) is 10.9 Å². The number of para-hydroxylation sites is 1. The molecule has 7 heteroatoms. The van der Waals surface area contributed by atoms with Gasteiger partial charge >= 0.3 is 0 Å². The van der Waals surface area contributed by atoms with E-state index < -0.39 is 0 Å². The van der Waals surface area contributed by atoms with Crippen molar-refractivity contribution < 1.29 is 4.79 Å². The van der Waals surface area contributed by atoms with Crippen molar-refractivity contribution in [3.05, 3.63) is 47.5 Å². The van der Waals surface area contributed by atoms with Crippen molar-refractivity contribution in [1.29, 1.82) is 0 Å². The van der Waals surface area contributed by atoms with Gasteiger partial charge in [-0.1, -0.05) is 30.0 Å². The number of hydrogen-bond donors (Lipinski definition) is 1. The molecule has 26 heavy (non-hydrogen) atoms. The maximum Gasteiger partial charge on any atom is 0.233 e. The third-order valence-corrected chi connectivity index (χ3v) is 5.69. The zero-order chi connectivity index (χ0) is 18.1. The van der Waals surface area contributed by atoms with Gasteiger partial charge in [-0.05, 0) is 38.0 Å². The molecule has 0 fully saturated rings. The van der Waals surface area contributed by atoms with E-state index in [1.54, 1.807) is 0 Å². The first-order valence-corrected chi connectivity index (χ1v) is 9.71. The number of hydrogen-bond acceptors (Lipinski definition) is 5. The highest BCUT2D eigenvalue weighted by Gasteiger charge is 2.20. The summed E-state index contributed by atoms with van der Waals surface area (Å²) < 4.78 is 2.10. The standard InChI is InChI=1S/C19H21N5OS/c1-12-10-18(21-15-7-4-3-6-14(12)15)26-13(2)19(25)20-11-17-23-22-16-8-5-9-24(16)17/h3-4,6-7,10,13H,5,8-9,11H2,1-2H3,(H,20,25). The summed E-state index contributed by atoms with van der Waals surface area (Å²) in [6.45, 7) is 5.34. The summed E-state index contributed by atoms with van der Waals surface area (Å²) in [5, 5.41) is 13.1. The highest BCUT2D eigenvalue weighted by molar-refractivity contribution is 8.00. The van der Waals surface area contributed by atoms with Crippen molar-refractivity contribution in [1.82, 2.24) is 25.1 Å². The summed E-state index contributed by atoms with van der Waals surface area (Å²) in [5.41, 5.74) is 2.13. The fourth-order valence-electron chi connectivity index (χ4n) is 3.26. The predicted octanol–water partition coefficient (Wildman–Crippen LogP) is 2.88. The molecule has 1 N–H and O–H groups in total. The second-order valence-electron chi connectivity index (χ2n) is 6.56. The number of benzene rings is 1. The molecule has 0 spiro atoms. The van der Waals surface area contributed by atoms with Crippen LogP contribution in [-0.4, -0.2) is 30.9 Å². The number of rotatable bonds is 5. The van der Waals surface area contributed by atoms with Gasteiger partial charge in [-0.25, -0.2) is 4.98 Å². The number of fused-ring (bicyclic) bond motifs is 2. The Hall–Kier alpha value is -2.41. The summed E-state index contributed by atoms with van der Waals surface area (Å²) >= 11 is 1.48. The molecule has 1 atom stereocenters. The van der Waals surface area contributed by atoms with E-state index in [1.807, 2.05) is 31.2 Å². The highest BCUT2D eigenvalue weighted by Crippen LogP contribution is 2.26. The normalized spacial score (nSPS) is 14.4. The Labute approximate surface area is 156 Å². The second kappa shape index (κ2) is 7.07. The molecule has 0 bridgehead atoms. The average molecular weight is 367 g/mol. The molecule has 2 aromatic heterocycles. The van der Waals surface area contributed by atoms with Crippen molar-refractivity contribution in [2.45, 2.75) is 50.1 Å². The van der Waals surface area contributed by atoms with E-state index in [0.717, 1.165) is 47.0 Å². The van der Waals surface area contributed by atoms with Crippen LogP contribution in [0.2, 0.25) is 0 Å². The van der Waals surface area contributed by atoms with E-state index >= 15 is 0 Å².